The minimum absolute atomic E-state index is 0.0913. The normalized spacial score (nSPS) is 19.4. The van der Waals surface area contributed by atoms with Gasteiger partial charge in [0.1, 0.15) is 11.6 Å². The molecule has 1 N–H and O–H groups in total. The van der Waals surface area contributed by atoms with Crippen molar-refractivity contribution in [3.8, 4) is 0 Å². The lowest BCUT2D eigenvalue weighted by Gasteiger charge is -2.15. The third-order valence-electron chi connectivity index (χ3n) is 3.75. The van der Waals surface area contributed by atoms with Crippen molar-refractivity contribution in [1.82, 2.24) is 4.90 Å². The number of aliphatic hydroxyl groups excluding tert-OH is 1. The van der Waals surface area contributed by atoms with E-state index in [1.165, 1.54) is 0 Å². The number of nitrogens with zero attached hydrogens (tertiary/aromatic N) is 1. The molecule has 1 aliphatic heterocycles. The maximum atomic E-state index is 13.0. The van der Waals surface area contributed by atoms with Gasteiger partial charge >= 0.3 is 0 Å². The molecule has 0 amide bonds. The van der Waals surface area contributed by atoms with Crippen LogP contribution in [0, 0.1) is 17.6 Å². The zero-order chi connectivity index (χ0) is 14.5. The van der Waals surface area contributed by atoms with Crippen LogP contribution in [-0.2, 0) is 0 Å². The Balaban J connectivity index is 1.83. The van der Waals surface area contributed by atoms with Gasteiger partial charge < -0.3 is 10.0 Å². The number of rotatable bonds is 6. The Morgan fingerprint density at radius 2 is 2.00 bits per heavy atom. The number of Topliss-reactive ketones (excluding diaryl/α,β-unsaturated/α-hetero) is 1. The molecule has 1 fully saturated rings. The SMILES string of the molecule is O=C(CCN1CCC(CCO)C1)c1cc(F)cc(F)c1. The van der Waals surface area contributed by atoms with Crippen LogP contribution in [0.5, 0.6) is 0 Å². The highest BCUT2D eigenvalue weighted by Crippen LogP contribution is 2.19. The number of aliphatic hydroxyl groups is 1. The molecule has 5 heteroatoms. The van der Waals surface area contributed by atoms with Crippen LogP contribution < -0.4 is 0 Å². The first kappa shape index (κ1) is 15.1. The van der Waals surface area contributed by atoms with Crippen molar-refractivity contribution in [2.24, 2.45) is 5.92 Å². The zero-order valence-corrected chi connectivity index (χ0v) is 11.3. The Kier molecular flexibility index (Phi) is 5.20. The van der Waals surface area contributed by atoms with Gasteiger partial charge in [0, 0.05) is 37.7 Å². The first-order chi connectivity index (χ1) is 9.58. The summed E-state index contributed by atoms with van der Waals surface area (Å²) < 4.78 is 26.1. The van der Waals surface area contributed by atoms with Crippen molar-refractivity contribution in [3.63, 3.8) is 0 Å². The number of likely N-dealkylation sites (tertiary alicyclic amines) is 1. The summed E-state index contributed by atoms with van der Waals surface area (Å²) in [5.74, 6) is -1.20. The van der Waals surface area contributed by atoms with Gasteiger partial charge in [-0.15, -0.1) is 0 Å². The minimum atomic E-state index is -0.725. The molecule has 1 unspecified atom stereocenters. The van der Waals surface area contributed by atoms with Crippen LogP contribution in [0.15, 0.2) is 18.2 Å². The van der Waals surface area contributed by atoms with Gasteiger partial charge in [-0.1, -0.05) is 0 Å². The van der Waals surface area contributed by atoms with Gasteiger partial charge in [0.2, 0.25) is 0 Å². The maximum Gasteiger partial charge on any atom is 0.164 e. The molecule has 0 radical (unpaired) electrons. The van der Waals surface area contributed by atoms with Crippen molar-refractivity contribution in [1.29, 1.82) is 0 Å². The molecule has 20 heavy (non-hydrogen) atoms. The highest BCUT2D eigenvalue weighted by Gasteiger charge is 2.22. The number of carbonyl (C=O) groups excluding carboxylic acids is 1. The van der Waals surface area contributed by atoms with E-state index < -0.39 is 11.6 Å². The third-order valence-corrected chi connectivity index (χ3v) is 3.75. The molecule has 1 aliphatic rings. The topological polar surface area (TPSA) is 40.5 Å². The Labute approximate surface area is 117 Å². The zero-order valence-electron chi connectivity index (χ0n) is 11.3. The predicted molar refractivity (Wildman–Crippen MR) is 71.6 cm³/mol. The van der Waals surface area contributed by atoms with E-state index >= 15 is 0 Å². The Morgan fingerprint density at radius 3 is 2.65 bits per heavy atom. The first-order valence-corrected chi connectivity index (χ1v) is 6.91. The van der Waals surface area contributed by atoms with Gasteiger partial charge in [0.15, 0.2) is 5.78 Å². The fourth-order valence-corrected chi connectivity index (χ4v) is 2.65. The standard InChI is InChI=1S/C15H19F2NO2/c16-13-7-12(8-14(17)9-13)15(20)2-5-18-4-1-11(10-18)3-6-19/h7-9,11,19H,1-6,10H2. The van der Waals surface area contributed by atoms with Crippen molar-refractivity contribution in [2.75, 3.05) is 26.2 Å². The lowest BCUT2D eigenvalue weighted by atomic mass is 10.1. The summed E-state index contributed by atoms with van der Waals surface area (Å²) in [5, 5.41) is 8.89. The fraction of sp³-hybridized carbons (Fsp3) is 0.533. The van der Waals surface area contributed by atoms with Crippen molar-refractivity contribution < 1.29 is 18.7 Å². The summed E-state index contributed by atoms with van der Waals surface area (Å²) in [6, 6.07) is 2.91. The Bertz CT molecular complexity index is 459. The van der Waals surface area contributed by atoms with Crippen LogP contribution in [0.1, 0.15) is 29.6 Å². The second-order valence-corrected chi connectivity index (χ2v) is 5.30. The molecule has 0 saturated carbocycles. The summed E-state index contributed by atoms with van der Waals surface area (Å²) in [5.41, 5.74) is 0.0913. The number of carbonyl (C=O) groups is 1. The molecular formula is C15H19F2NO2. The third kappa shape index (κ3) is 4.08. The molecule has 3 nitrogen and oxygen atoms in total. The van der Waals surface area contributed by atoms with Crippen LogP contribution in [-0.4, -0.2) is 42.0 Å². The molecular weight excluding hydrogens is 264 g/mol. The number of ketones is 1. The first-order valence-electron chi connectivity index (χ1n) is 6.91. The number of hydrogen-bond acceptors (Lipinski definition) is 3. The second kappa shape index (κ2) is 6.90. The lowest BCUT2D eigenvalue weighted by molar-refractivity contribution is 0.0967. The molecule has 1 heterocycles. The van der Waals surface area contributed by atoms with Gasteiger partial charge in [-0.2, -0.15) is 0 Å². The molecule has 1 saturated heterocycles. The van der Waals surface area contributed by atoms with Crippen LogP contribution in [0.4, 0.5) is 8.78 Å². The number of benzene rings is 1. The van der Waals surface area contributed by atoms with Crippen molar-refractivity contribution >= 4 is 5.78 Å². The van der Waals surface area contributed by atoms with Crippen molar-refractivity contribution in [2.45, 2.75) is 19.3 Å². The molecule has 1 atom stereocenters. The highest BCUT2D eigenvalue weighted by atomic mass is 19.1. The summed E-state index contributed by atoms with van der Waals surface area (Å²) in [6.45, 7) is 2.58. The van der Waals surface area contributed by atoms with Gasteiger partial charge in [0.25, 0.3) is 0 Å². The molecule has 1 aromatic carbocycles. The van der Waals surface area contributed by atoms with Crippen LogP contribution >= 0.6 is 0 Å². The van der Waals surface area contributed by atoms with E-state index in [-0.39, 0.29) is 24.4 Å². The molecule has 110 valence electrons. The fourth-order valence-electron chi connectivity index (χ4n) is 2.65. The van der Waals surface area contributed by atoms with E-state index in [1.54, 1.807) is 0 Å². The average Bonchev–Trinajstić information content (AvgIpc) is 2.83. The van der Waals surface area contributed by atoms with Gasteiger partial charge in [-0.3, -0.25) is 4.79 Å². The summed E-state index contributed by atoms with van der Waals surface area (Å²) >= 11 is 0. The monoisotopic (exact) mass is 283 g/mol. The van der Waals surface area contributed by atoms with E-state index in [0.717, 1.165) is 44.1 Å². The van der Waals surface area contributed by atoms with E-state index in [2.05, 4.69) is 4.90 Å². The Hall–Kier alpha value is -1.33. The summed E-state index contributed by atoms with van der Waals surface area (Å²) in [4.78, 5) is 14.1. The van der Waals surface area contributed by atoms with E-state index in [1.807, 2.05) is 0 Å². The smallest absolute Gasteiger partial charge is 0.164 e. The highest BCUT2D eigenvalue weighted by molar-refractivity contribution is 5.96. The Morgan fingerprint density at radius 1 is 1.30 bits per heavy atom. The molecule has 0 bridgehead atoms. The van der Waals surface area contributed by atoms with Crippen LogP contribution in [0.25, 0.3) is 0 Å². The average molecular weight is 283 g/mol. The van der Waals surface area contributed by atoms with Gasteiger partial charge in [-0.05, 0) is 37.4 Å². The second-order valence-electron chi connectivity index (χ2n) is 5.30. The lowest BCUT2D eigenvalue weighted by Crippen LogP contribution is -2.24. The van der Waals surface area contributed by atoms with Crippen LogP contribution in [0.3, 0.4) is 0 Å². The minimum Gasteiger partial charge on any atom is -0.396 e. The molecule has 2 rings (SSSR count). The largest absolute Gasteiger partial charge is 0.396 e. The summed E-state index contributed by atoms with van der Waals surface area (Å²) in [6.07, 6.45) is 2.08. The van der Waals surface area contributed by atoms with Crippen LogP contribution in [0.2, 0.25) is 0 Å². The molecule has 0 aromatic heterocycles. The van der Waals surface area contributed by atoms with E-state index in [9.17, 15) is 13.6 Å². The van der Waals surface area contributed by atoms with Gasteiger partial charge in [0.05, 0.1) is 0 Å². The van der Waals surface area contributed by atoms with Crippen molar-refractivity contribution in [3.05, 3.63) is 35.4 Å². The molecule has 0 aliphatic carbocycles. The number of halogens is 2. The van der Waals surface area contributed by atoms with Gasteiger partial charge in [-0.25, -0.2) is 8.78 Å². The number of hydrogen-bond donors (Lipinski definition) is 1. The van der Waals surface area contributed by atoms with E-state index in [0.29, 0.717) is 12.5 Å². The predicted octanol–water partition coefficient (Wildman–Crippen LogP) is 2.24. The molecule has 1 aromatic rings. The quantitative estimate of drug-likeness (QED) is 0.814. The summed E-state index contributed by atoms with van der Waals surface area (Å²) in [7, 11) is 0. The maximum absolute atomic E-state index is 13.0. The van der Waals surface area contributed by atoms with E-state index in [4.69, 9.17) is 5.11 Å². The molecule has 0 spiro atoms.